The number of aliphatic carboxylic acids is 1. The van der Waals surface area contributed by atoms with Crippen molar-refractivity contribution in [3.8, 4) is 11.1 Å². The molecule has 1 aromatic heterocycles. The summed E-state index contributed by atoms with van der Waals surface area (Å²) in [5.74, 6) is -0.971. The van der Waals surface area contributed by atoms with E-state index >= 15 is 0 Å². The number of hydrogen-bond donors (Lipinski definition) is 1. The Kier molecular flexibility index (Phi) is 4.30. The first kappa shape index (κ1) is 14.1. The maximum absolute atomic E-state index is 10.8. The van der Waals surface area contributed by atoms with Gasteiger partial charge >= 0.3 is 5.97 Å². The fourth-order valence-electron chi connectivity index (χ4n) is 1.75. The van der Waals surface area contributed by atoms with Crippen LogP contribution >= 0.6 is 34.8 Å². The molecule has 0 aliphatic rings. The van der Waals surface area contributed by atoms with Crippen LogP contribution in [0, 0.1) is 0 Å². The largest absolute Gasteiger partial charge is 0.481 e. The van der Waals surface area contributed by atoms with Crippen LogP contribution in [0.25, 0.3) is 11.1 Å². The summed E-state index contributed by atoms with van der Waals surface area (Å²) >= 11 is 18.1. The second-order valence-electron chi connectivity index (χ2n) is 3.81. The molecule has 0 spiro atoms. The Bertz CT molecular complexity index is 621. The van der Waals surface area contributed by atoms with E-state index in [0.29, 0.717) is 31.9 Å². The molecule has 3 nitrogen and oxygen atoms in total. The standard InChI is InChI=1S/C13H8Cl3NO2/c14-7-4-9(15)13(10(16)5-7)8-2-1-3-17-11(8)6-12(18)19/h1-5H,6H2,(H,18,19). The molecule has 0 atom stereocenters. The third kappa shape index (κ3) is 3.18. The van der Waals surface area contributed by atoms with Gasteiger partial charge in [0.2, 0.25) is 0 Å². The second-order valence-corrected chi connectivity index (χ2v) is 5.06. The highest BCUT2D eigenvalue weighted by Gasteiger charge is 2.16. The van der Waals surface area contributed by atoms with Crippen molar-refractivity contribution in [2.75, 3.05) is 0 Å². The van der Waals surface area contributed by atoms with Gasteiger partial charge in [0.15, 0.2) is 0 Å². The van der Waals surface area contributed by atoms with Crippen molar-refractivity contribution < 1.29 is 9.90 Å². The highest BCUT2D eigenvalue weighted by Crippen LogP contribution is 2.38. The van der Waals surface area contributed by atoms with Gasteiger partial charge in [-0.3, -0.25) is 9.78 Å². The molecule has 0 amide bonds. The maximum Gasteiger partial charge on any atom is 0.309 e. The number of pyridine rings is 1. The molecule has 1 N–H and O–H groups in total. The van der Waals surface area contributed by atoms with Gasteiger partial charge in [-0.1, -0.05) is 40.9 Å². The molecule has 0 aliphatic heterocycles. The van der Waals surface area contributed by atoms with E-state index in [1.165, 1.54) is 6.20 Å². The van der Waals surface area contributed by atoms with E-state index in [1.807, 2.05) is 0 Å². The van der Waals surface area contributed by atoms with Crippen molar-refractivity contribution in [2.45, 2.75) is 6.42 Å². The van der Waals surface area contributed by atoms with Crippen LogP contribution in [-0.4, -0.2) is 16.1 Å². The van der Waals surface area contributed by atoms with Gasteiger partial charge in [0.25, 0.3) is 0 Å². The molecule has 2 rings (SSSR count). The van der Waals surface area contributed by atoms with E-state index in [9.17, 15) is 4.79 Å². The number of rotatable bonds is 3. The zero-order chi connectivity index (χ0) is 14.0. The minimum Gasteiger partial charge on any atom is -0.481 e. The fourth-order valence-corrected chi connectivity index (χ4v) is 2.77. The van der Waals surface area contributed by atoms with E-state index in [0.717, 1.165) is 0 Å². The molecule has 0 saturated carbocycles. The van der Waals surface area contributed by atoms with E-state index in [2.05, 4.69) is 4.98 Å². The van der Waals surface area contributed by atoms with Crippen molar-refractivity contribution in [2.24, 2.45) is 0 Å². The number of nitrogens with zero attached hydrogens (tertiary/aromatic N) is 1. The number of carboxylic acid groups (broad SMARTS) is 1. The lowest BCUT2D eigenvalue weighted by Crippen LogP contribution is -2.04. The number of hydrogen-bond acceptors (Lipinski definition) is 2. The number of halogens is 3. The van der Waals surface area contributed by atoms with Crippen LogP contribution < -0.4 is 0 Å². The Balaban J connectivity index is 2.62. The summed E-state index contributed by atoms with van der Waals surface area (Å²) in [5, 5.41) is 10.0. The Morgan fingerprint density at radius 2 is 1.84 bits per heavy atom. The van der Waals surface area contributed by atoms with Crippen molar-refractivity contribution >= 4 is 40.8 Å². The van der Waals surface area contributed by atoms with Gasteiger partial charge in [0, 0.05) is 22.3 Å². The predicted molar refractivity (Wildman–Crippen MR) is 76.0 cm³/mol. The SMILES string of the molecule is O=C(O)Cc1ncccc1-c1c(Cl)cc(Cl)cc1Cl. The van der Waals surface area contributed by atoms with Crippen LogP contribution in [0.5, 0.6) is 0 Å². The molecule has 2 aromatic rings. The van der Waals surface area contributed by atoms with Crippen molar-refractivity contribution in [1.29, 1.82) is 0 Å². The summed E-state index contributed by atoms with van der Waals surface area (Å²) in [7, 11) is 0. The Morgan fingerprint density at radius 3 is 2.42 bits per heavy atom. The van der Waals surface area contributed by atoms with Gasteiger partial charge in [0.1, 0.15) is 0 Å². The Morgan fingerprint density at radius 1 is 1.21 bits per heavy atom. The number of aromatic nitrogens is 1. The van der Waals surface area contributed by atoms with Crippen molar-refractivity contribution in [3.05, 3.63) is 51.2 Å². The van der Waals surface area contributed by atoms with Crippen molar-refractivity contribution in [1.82, 2.24) is 4.98 Å². The first-order valence-corrected chi connectivity index (χ1v) is 6.43. The highest BCUT2D eigenvalue weighted by atomic mass is 35.5. The zero-order valence-corrected chi connectivity index (χ0v) is 11.8. The van der Waals surface area contributed by atoms with Crippen LogP contribution in [0.4, 0.5) is 0 Å². The van der Waals surface area contributed by atoms with E-state index in [4.69, 9.17) is 39.9 Å². The molecule has 0 aliphatic carbocycles. The summed E-state index contributed by atoms with van der Waals surface area (Å²) in [4.78, 5) is 14.9. The molecule has 1 aromatic carbocycles. The third-order valence-electron chi connectivity index (χ3n) is 2.49. The Hall–Kier alpha value is -1.29. The van der Waals surface area contributed by atoms with E-state index in [1.54, 1.807) is 24.3 Å². The molecule has 0 bridgehead atoms. The lowest BCUT2D eigenvalue weighted by atomic mass is 10.0. The summed E-state index contributed by atoms with van der Waals surface area (Å²) in [6.45, 7) is 0. The average Bonchev–Trinajstić information content (AvgIpc) is 2.29. The molecule has 0 saturated heterocycles. The number of benzene rings is 1. The van der Waals surface area contributed by atoms with Gasteiger partial charge in [-0.15, -0.1) is 0 Å². The lowest BCUT2D eigenvalue weighted by molar-refractivity contribution is -0.136. The average molecular weight is 317 g/mol. The van der Waals surface area contributed by atoms with Crippen LogP contribution in [-0.2, 0) is 11.2 Å². The molecule has 98 valence electrons. The Labute approximate surface area is 124 Å². The summed E-state index contributed by atoms with van der Waals surface area (Å²) in [6, 6.07) is 6.54. The van der Waals surface area contributed by atoms with Gasteiger partial charge in [-0.25, -0.2) is 0 Å². The normalized spacial score (nSPS) is 10.5. The topological polar surface area (TPSA) is 50.2 Å². The van der Waals surface area contributed by atoms with Crippen LogP contribution in [0.15, 0.2) is 30.5 Å². The van der Waals surface area contributed by atoms with Crippen molar-refractivity contribution in [3.63, 3.8) is 0 Å². The van der Waals surface area contributed by atoms with Gasteiger partial charge in [0.05, 0.1) is 22.2 Å². The third-order valence-corrected chi connectivity index (χ3v) is 3.30. The zero-order valence-electron chi connectivity index (χ0n) is 9.53. The molecule has 6 heteroatoms. The first-order chi connectivity index (χ1) is 8.99. The first-order valence-electron chi connectivity index (χ1n) is 5.29. The van der Waals surface area contributed by atoms with E-state index < -0.39 is 5.97 Å². The molecular weight excluding hydrogens is 309 g/mol. The van der Waals surface area contributed by atoms with Gasteiger partial charge in [-0.2, -0.15) is 0 Å². The predicted octanol–water partition coefficient (Wildman–Crippen LogP) is 4.34. The number of carboxylic acids is 1. The van der Waals surface area contributed by atoms with Crippen LogP contribution in [0.2, 0.25) is 15.1 Å². The molecular formula is C13H8Cl3NO2. The van der Waals surface area contributed by atoms with Crippen LogP contribution in [0.3, 0.4) is 0 Å². The monoisotopic (exact) mass is 315 g/mol. The highest BCUT2D eigenvalue weighted by molar-refractivity contribution is 6.41. The quantitative estimate of drug-likeness (QED) is 0.916. The molecule has 0 radical (unpaired) electrons. The second kappa shape index (κ2) is 5.78. The summed E-state index contributed by atoms with van der Waals surface area (Å²) in [6.07, 6.45) is 1.32. The number of carbonyl (C=O) groups is 1. The van der Waals surface area contributed by atoms with Gasteiger partial charge in [-0.05, 0) is 18.2 Å². The van der Waals surface area contributed by atoms with E-state index in [-0.39, 0.29) is 6.42 Å². The molecule has 19 heavy (non-hydrogen) atoms. The maximum atomic E-state index is 10.8. The summed E-state index contributed by atoms with van der Waals surface area (Å²) in [5.41, 5.74) is 1.54. The smallest absolute Gasteiger partial charge is 0.309 e. The molecule has 1 heterocycles. The molecule has 0 unspecified atom stereocenters. The minimum atomic E-state index is -0.971. The minimum absolute atomic E-state index is 0.203. The lowest BCUT2D eigenvalue weighted by Gasteiger charge is -2.11. The summed E-state index contributed by atoms with van der Waals surface area (Å²) < 4.78 is 0. The fraction of sp³-hybridized carbons (Fsp3) is 0.0769. The van der Waals surface area contributed by atoms with Gasteiger partial charge < -0.3 is 5.11 Å². The molecule has 0 fully saturated rings. The van der Waals surface area contributed by atoms with Crippen LogP contribution in [0.1, 0.15) is 5.69 Å².